The maximum Gasteiger partial charge on any atom is 0.241 e. The van der Waals surface area contributed by atoms with E-state index in [4.69, 9.17) is 5.26 Å². The van der Waals surface area contributed by atoms with Crippen molar-refractivity contribution in [1.29, 1.82) is 5.26 Å². The lowest BCUT2D eigenvalue weighted by molar-refractivity contribution is 0.360. The Labute approximate surface area is 93.8 Å². The second-order valence-electron chi connectivity index (χ2n) is 3.24. The molecule has 1 unspecified atom stereocenters. The number of rotatable bonds is 4. The Morgan fingerprint density at radius 3 is 2.69 bits per heavy atom. The fourth-order valence-corrected chi connectivity index (χ4v) is 2.36. The van der Waals surface area contributed by atoms with E-state index in [-0.39, 0.29) is 17.0 Å². The molecule has 0 aliphatic heterocycles. The Hall–Kier alpha value is -1.45. The highest BCUT2D eigenvalue weighted by Crippen LogP contribution is 2.13. The van der Waals surface area contributed by atoms with Crippen LogP contribution in [0.1, 0.15) is 12.5 Å². The van der Waals surface area contributed by atoms with E-state index in [1.807, 2.05) is 0 Å². The van der Waals surface area contributed by atoms with Gasteiger partial charge in [0, 0.05) is 6.54 Å². The van der Waals surface area contributed by atoms with Gasteiger partial charge in [-0.25, -0.2) is 17.5 Å². The number of benzene rings is 1. The molecule has 0 fully saturated rings. The van der Waals surface area contributed by atoms with E-state index in [0.29, 0.717) is 0 Å². The Morgan fingerprint density at radius 1 is 1.50 bits per heavy atom. The van der Waals surface area contributed by atoms with Gasteiger partial charge in [0.15, 0.2) is 0 Å². The van der Waals surface area contributed by atoms with Crippen LogP contribution in [-0.2, 0) is 10.0 Å². The number of sulfonamides is 1. The first-order valence-corrected chi connectivity index (χ1v) is 6.08. The minimum Gasteiger partial charge on any atom is -0.246 e. The van der Waals surface area contributed by atoms with Crippen LogP contribution in [-0.4, -0.2) is 21.1 Å². The van der Waals surface area contributed by atoms with Crippen molar-refractivity contribution < 1.29 is 12.8 Å². The van der Waals surface area contributed by atoms with Gasteiger partial charge < -0.3 is 0 Å². The third-order valence-corrected chi connectivity index (χ3v) is 3.33. The van der Waals surface area contributed by atoms with Gasteiger partial charge in [0.25, 0.3) is 0 Å². The van der Waals surface area contributed by atoms with Crippen LogP contribution in [0.3, 0.4) is 0 Å². The van der Waals surface area contributed by atoms with Crippen molar-refractivity contribution in [3.63, 3.8) is 0 Å². The smallest absolute Gasteiger partial charge is 0.241 e. The largest absolute Gasteiger partial charge is 0.246 e. The SMILES string of the molecule is CC(F)CNS(=O)(=O)c1ccccc1C#N. The maximum absolute atomic E-state index is 12.5. The van der Waals surface area contributed by atoms with Crippen LogP contribution in [0.15, 0.2) is 29.2 Å². The highest BCUT2D eigenvalue weighted by molar-refractivity contribution is 7.89. The molecule has 0 spiro atoms. The quantitative estimate of drug-likeness (QED) is 0.862. The highest BCUT2D eigenvalue weighted by atomic mass is 32.2. The normalized spacial score (nSPS) is 13.1. The lowest BCUT2D eigenvalue weighted by Crippen LogP contribution is -2.29. The van der Waals surface area contributed by atoms with Gasteiger partial charge in [-0.2, -0.15) is 5.26 Å². The zero-order valence-corrected chi connectivity index (χ0v) is 9.46. The van der Waals surface area contributed by atoms with E-state index in [9.17, 15) is 12.8 Å². The van der Waals surface area contributed by atoms with E-state index in [1.54, 1.807) is 12.1 Å². The number of halogens is 1. The average molecular weight is 242 g/mol. The van der Waals surface area contributed by atoms with Gasteiger partial charge in [0.1, 0.15) is 12.2 Å². The van der Waals surface area contributed by atoms with E-state index in [2.05, 4.69) is 4.72 Å². The predicted octanol–water partition coefficient (Wildman–Crippen LogP) is 1.19. The standard InChI is InChI=1S/C10H11FN2O2S/c1-8(11)7-13-16(14,15)10-5-3-2-4-9(10)6-12/h2-5,8,13H,7H2,1H3. The third kappa shape index (κ3) is 3.02. The lowest BCUT2D eigenvalue weighted by atomic mass is 10.2. The molecule has 1 atom stereocenters. The Bertz CT molecular complexity index is 506. The molecule has 1 aromatic carbocycles. The van der Waals surface area contributed by atoms with Gasteiger partial charge >= 0.3 is 0 Å². The summed E-state index contributed by atoms with van der Waals surface area (Å²) in [4.78, 5) is -0.127. The summed E-state index contributed by atoms with van der Waals surface area (Å²) < 4.78 is 38.0. The van der Waals surface area contributed by atoms with Crippen molar-refractivity contribution in [2.24, 2.45) is 0 Å². The molecule has 0 aliphatic rings. The molecule has 86 valence electrons. The predicted molar refractivity (Wildman–Crippen MR) is 56.9 cm³/mol. The topological polar surface area (TPSA) is 70.0 Å². The second kappa shape index (κ2) is 5.05. The number of nitrogens with one attached hydrogen (secondary N) is 1. The van der Waals surface area contributed by atoms with Crippen LogP contribution in [0, 0.1) is 11.3 Å². The molecule has 0 bridgehead atoms. The van der Waals surface area contributed by atoms with E-state index in [1.165, 1.54) is 25.1 Å². The maximum atomic E-state index is 12.5. The molecular weight excluding hydrogens is 231 g/mol. The van der Waals surface area contributed by atoms with E-state index in [0.717, 1.165) is 0 Å². The summed E-state index contributed by atoms with van der Waals surface area (Å²) in [5, 5.41) is 8.74. The molecule has 0 heterocycles. The van der Waals surface area contributed by atoms with Crippen LogP contribution in [0.2, 0.25) is 0 Å². The lowest BCUT2D eigenvalue weighted by Gasteiger charge is -2.08. The number of hydrogen-bond acceptors (Lipinski definition) is 3. The summed E-state index contributed by atoms with van der Waals surface area (Å²) in [5.74, 6) is 0. The molecule has 0 radical (unpaired) electrons. The van der Waals surface area contributed by atoms with Gasteiger partial charge in [-0.1, -0.05) is 12.1 Å². The zero-order valence-electron chi connectivity index (χ0n) is 8.64. The van der Waals surface area contributed by atoms with Crippen LogP contribution in [0.5, 0.6) is 0 Å². The monoisotopic (exact) mass is 242 g/mol. The first-order valence-electron chi connectivity index (χ1n) is 4.60. The van der Waals surface area contributed by atoms with Crippen molar-refractivity contribution in [1.82, 2.24) is 4.72 Å². The molecule has 0 aromatic heterocycles. The molecule has 0 amide bonds. The first-order chi connectivity index (χ1) is 7.47. The van der Waals surface area contributed by atoms with Crippen LogP contribution >= 0.6 is 0 Å². The molecule has 0 saturated carbocycles. The van der Waals surface area contributed by atoms with E-state index < -0.39 is 16.2 Å². The van der Waals surface area contributed by atoms with Crippen molar-refractivity contribution in [3.8, 4) is 6.07 Å². The third-order valence-electron chi connectivity index (χ3n) is 1.85. The molecule has 1 aromatic rings. The van der Waals surface area contributed by atoms with Crippen LogP contribution in [0.25, 0.3) is 0 Å². The molecule has 0 aliphatic carbocycles. The van der Waals surface area contributed by atoms with Crippen LogP contribution < -0.4 is 4.72 Å². The number of nitriles is 1. The molecule has 1 N–H and O–H groups in total. The van der Waals surface area contributed by atoms with E-state index >= 15 is 0 Å². The zero-order chi connectivity index (χ0) is 12.2. The fraction of sp³-hybridized carbons (Fsp3) is 0.300. The first kappa shape index (κ1) is 12.6. The Balaban J connectivity index is 3.04. The summed E-state index contributed by atoms with van der Waals surface area (Å²) in [7, 11) is -3.81. The highest BCUT2D eigenvalue weighted by Gasteiger charge is 2.18. The summed E-state index contributed by atoms with van der Waals surface area (Å²) in [6.45, 7) is 0.945. The summed E-state index contributed by atoms with van der Waals surface area (Å²) in [5.41, 5.74) is 0.0431. The van der Waals surface area contributed by atoms with Gasteiger partial charge in [0.2, 0.25) is 10.0 Å². The minimum atomic E-state index is -3.81. The molecule has 6 heteroatoms. The van der Waals surface area contributed by atoms with Crippen molar-refractivity contribution in [2.75, 3.05) is 6.54 Å². The molecule has 4 nitrogen and oxygen atoms in total. The summed E-state index contributed by atoms with van der Waals surface area (Å²) >= 11 is 0. The van der Waals surface area contributed by atoms with Gasteiger partial charge in [-0.3, -0.25) is 0 Å². The minimum absolute atomic E-state index is 0.0431. The van der Waals surface area contributed by atoms with Crippen molar-refractivity contribution >= 4 is 10.0 Å². The molecule has 16 heavy (non-hydrogen) atoms. The van der Waals surface area contributed by atoms with Gasteiger partial charge in [-0.05, 0) is 19.1 Å². The number of nitrogens with zero attached hydrogens (tertiary/aromatic N) is 1. The van der Waals surface area contributed by atoms with Gasteiger partial charge in [0.05, 0.1) is 10.5 Å². The van der Waals surface area contributed by atoms with Gasteiger partial charge in [-0.15, -0.1) is 0 Å². The Kier molecular flexibility index (Phi) is 3.99. The second-order valence-corrected chi connectivity index (χ2v) is 4.98. The van der Waals surface area contributed by atoms with Crippen molar-refractivity contribution in [3.05, 3.63) is 29.8 Å². The number of alkyl halides is 1. The molecule has 1 rings (SSSR count). The average Bonchev–Trinajstić information content (AvgIpc) is 2.26. The Morgan fingerprint density at radius 2 is 2.12 bits per heavy atom. The number of hydrogen-bond donors (Lipinski definition) is 1. The van der Waals surface area contributed by atoms with Crippen molar-refractivity contribution in [2.45, 2.75) is 18.0 Å². The molecular formula is C10H11FN2O2S. The fourth-order valence-electron chi connectivity index (χ4n) is 1.10. The summed E-state index contributed by atoms with van der Waals surface area (Å²) in [6.07, 6.45) is -1.27. The van der Waals surface area contributed by atoms with Crippen LogP contribution in [0.4, 0.5) is 4.39 Å². The summed E-state index contributed by atoms with van der Waals surface area (Å²) in [6, 6.07) is 7.56. The molecule has 0 saturated heterocycles.